The number of aliphatic hydroxyl groups excluding tert-OH is 1. The van der Waals surface area contributed by atoms with Crippen LogP contribution in [0.5, 0.6) is 5.75 Å². The van der Waals surface area contributed by atoms with Crippen molar-refractivity contribution in [2.24, 2.45) is 23.7 Å². The quantitative estimate of drug-likeness (QED) is 0.294. The van der Waals surface area contributed by atoms with Gasteiger partial charge >= 0.3 is 0 Å². The van der Waals surface area contributed by atoms with Crippen molar-refractivity contribution >= 4 is 34.2 Å². The zero-order valence-corrected chi connectivity index (χ0v) is 32.0. The minimum absolute atomic E-state index is 0.0347. The van der Waals surface area contributed by atoms with Crippen molar-refractivity contribution in [1.82, 2.24) is 9.62 Å². The molecule has 0 radical (unpaired) electrons. The Morgan fingerprint density at radius 3 is 2.61 bits per heavy atom. The first kappa shape index (κ1) is 38.1. The highest BCUT2D eigenvalue weighted by Gasteiger charge is 2.40. The summed E-state index contributed by atoms with van der Waals surface area (Å²) in [6.07, 6.45) is 7.29. The van der Waals surface area contributed by atoms with Crippen molar-refractivity contribution in [3.63, 3.8) is 0 Å². The molecule has 8 nitrogen and oxygen atoms in total. The van der Waals surface area contributed by atoms with Gasteiger partial charge in [0.2, 0.25) is 0 Å². The zero-order chi connectivity index (χ0) is 35.3. The second kappa shape index (κ2) is 16.9. The van der Waals surface area contributed by atoms with E-state index in [1.807, 2.05) is 51.0 Å². The Hall–Kier alpha value is -2.17. The lowest BCUT2D eigenvalue weighted by atomic mass is 9.65. The number of amides is 1. The molecule has 2 aromatic carbocycles. The van der Waals surface area contributed by atoms with E-state index >= 15 is 0 Å². The van der Waals surface area contributed by atoms with Gasteiger partial charge in [-0.05, 0) is 125 Å². The molecule has 2 bridgehead atoms. The number of aliphatic hydroxyl groups is 1. The second-order valence-electron chi connectivity index (χ2n) is 15.4. The number of hydrogen-bond donors (Lipinski definition) is 2. The summed E-state index contributed by atoms with van der Waals surface area (Å²) in [5.74, 6) is 2.16. The summed E-state index contributed by atoms with van der Waals surface area (Å²) in [5, 5.41) is 10.7. The number of carbonyl (C=O) groups excluding carboxylic acids is 1. The Bertz CT molecular complexity index is 1460. The van der Waals surface area contributed by atoms with Crippen LogP contribution in [0, 0.1) is 23.7 Å². The van der Waals surface area contributed by atoms with Crippen molar-refractivity contribution in [3.8, 4) is 5.75 Å². The summed E-state index contributed by atoms with van der Waals surface area (Å²) < 4.78 is 29.1. The summed E-state index contributed by atoms with van der Waals surface area (Å²) in [4.78, 5) is 18.0. The summed E-state index contributed by atoms with van der Waals surface area (Å²) in [7, 11) is 2.46. The van der Waals surface area contributed by atoms with Crippen molar-refractivity contribution < 1.29 is 23.6 Å². The van der Waals surface area contributed by atoms with Gasteiger partial charge in [0, 0.05) is 36.2 Å². The lowest BCUT2D eigenvalue weighted by molar-refractivity contribution is -0.0387. The van der Waals surface area contributed by atoms with Crippen molar-refractivity contribution in [2.45, 2.75) is 89.3 Å². The van der Waals surface area contributed by atoms with Gasteiger partial charge in [0.05, 0.1) is 36.3 Å². The van der Waals surface area contributed by atoms with Crippen LogP contribution in [0.15, 0.2) is 36.4 Å². The number of likely N-dealkylation sites (N-methyl/N-ethyl adjacent to an activating group) is 1. The van der Waals surface area contributed by atoms with Gasteiger partial charge in [-0.3, -0.25) is 14.4 Å². The van der Waals surface area contributed by atoms with Gasteiger partial charge in [-0.15, -0.1) is 0 Å². The smallest absolute Gasteiger partial charge is 0.263 e. The molecule has 10 heteroatoms. The van der Waals surface area contributed by atoms with E-state index in [2.05, 4.69) is 35.6 Å². The van der Waals surface area contributed by atoms with E-state index in [4.69, 9.17) is 21.1 Å². The minimum Gasteiger partial charge on any atom is -0.491 e. The van der Waals surface area contributed by atoms with Crippen LogP contribution in [0.3, 0.4) is 0 Å². The lowest BCUT2D eigenvalue weighted by Gasteiger charge is -2.45. The van der Waals surface area contributed by atoms with Crippen LogP contribution in [0.1, 0.15) is 93.6 Å². The monoisotopic (exact) mass is 715 g/mol. The predicted octanol–water partition coefficient (Wildman–Crippen LogP) is 6.85. The first-order valence-electron chi connectivity index (χ1n) is 18.3. The number of benzene rings is 2. The maximum atomic E-state index is 13.5. The molecule has 5 rings (SSSR count). The first-order valence-corrected chi connectivity index (χ1v) is 19.9. The molecule has 7 unspecified atom stereocenters. The Morgan fingerprint density at radius 1 is 1.12 bits per heavy atom. The van der Waals surface area contributed by atoms with Crippen LogP contribution in [0.25, 0.3) is 0 Å². The van der Waals surface area contributed by atoms with Crippen molar-refractivity contribution in [2.75, 3.05) is 58.5 Å². The zero-order valence-electron chi connectivity index (χ0n) is 30.4. The van der Waals surface area contributed by atoms with Gasteiger partial charge in [-0.2, -0.15) is 0 Å². The molecule has 2 aliphatic heterocycles. The predicted molar refractivity (Wildman–Crippen MR) is 200 cm³/mol. The molecule has 1 aliphatic carbocycles. The van der Waals surface area contributed by atoms with Gasteiger partial charge in [-0.1, -0.05) is 44.4 Å². The molecule has 3 aliphatic rings. The van der Waals surface area contributed by atoms with Gasteiger partial charge in [0.15, 0.2) is 0 Å². The number of aryl methyl sites for hydroxylation is 1. The first-order chi connectivity index (χ1) is 23.4. The van der Waals surface area contributed by atoms with Gasteiger partial charge in [0.1, 0.15) is 16.7 Å². The molecule has 0 saturated heterocycles. The Kier molecular flexibility index (Phi) is 13.1. The molecule has 8 atom stereocenters. The number of halogens is 1. The van der Waals surface area contributed by atoms with Crippen LogP contribution >= 0.6 is 11.6 Å². The summed E-state index contributed by atoms with van der Waals surface area (Å²) in [6.45, 7) is 11.7. The van der Waals surface area contributed by atoms with E-state index in [0.717, 1.165) is 68.1 Å². The number of rotatable bonds is 9. The lowest BCUT2D eigenvalue weighted by Crippen LogP contribution is -2.49. The summed E-state index contributed by atoms with van der Waals surface area (Å²) in [5.41, 5.74) is 3.52. The molecule has 49 heavy (non-hydrogen) atoms. The van der Waals surface area contributed by atoms with E-state index in [0.29, 0.717) is 43.1 Å². The maximum absolute atomic E-state index is 13.5. The fraction of sp³-hybridized carbons (Fsp3) is 0.667. The van der Waals surface area contributed by atoms with Crippen LogP contribution in [-0.4, -0.2) is 84.5 Å². The van der Waals surface area contributed by atoms with Crippen LogP contribution in [-0.2, 0) is 22.1 Å². The molecular formula is C39H58ClN3O5S. The third-order valence-electron chi connectivity index (χ3n) is 11.8. The third kappa shape index (κ3) is 9.01. The van der Waals surface area contributed by atoms with E-state index in [1.54, 1.807) is 6.07 Å². The van der Waals surface area contributed by atoms with Gasteiger partial charge in [0.25, 0.3) is 5.91 Å². The third-order valence-corrected chi connectivity index (χ3v) is 13.5. The largest absolute Gasteiger partial charge is 0.491 e. The number of anilines is 1. The topological polar surface area (TPSA) is 91.3 Å². The average molecular weight is 716 g/mol. The SMILES string of the molecule is CCCc1cc(Cl)ccc1C1COc2ccc3cc2N(C1)CC1CCC1C(COC[C@](C)(CO)N(C)C)CCCC(C)C(C)S(=O)NC3=O. The molecule has 2 aromatic rings. The van der Waals surface area contributed by atoms with Gasteiger partial charge < -0.3 is 19.5 Å². The highest BCUT2D eigenvalue weighted by molar-refractivity contribution is 7.84. The Balaban J connectivity index is 1.48. The number of ether oxygens (including phenoxy) is 2. The number of fused-ring (bicyclic) bond motifs is 2. The molecule has 2 heterocycles. The molecule has 272 valence electrons. The molecule has 1 fully saturated rings. The minimum atomic E-state index is -1.51. The number of nitrogens with zero attached hydrogens (tertiary/aromatic N) is 2. The number of hydrogen-bond acceptors (Lipinski definition) is 7. The van der Waals surface area contributed by atoms with E-state index in [9.17, 15) is 14.1 Å². The molecule has 1 amide bonds. The average Bonchev–Trinajstić information content (AvgIpc) is 3.24. The van der Waals surface area contributed by atoms with Crippen molar-refractivity contribution in [3.05, 3.63) is 58.1 Å². The van der Waals surface area contributed by atoms with Crippen LogP contribution in [0.2, 0.25) is 5.02 Å². The van der Waals surface area contributed by atoms with E-state index < -0.39 is 16.5 Å². The Labute approximate surface area is 301 Å². The van der Waals surface area contributed by atoms with E-state index in [1.165, 1.54) is 17.5 Å². The fourth-order valence-electron chi connectivity index (χ4n) is 7.74. The fourth-order valence-corrected chi connectivity index (χ4v) is 8.98. The molecule has 0 spiro atoms. The van der Waals surface area contributed by atoms with E-state index in [-0.39, 0.29) is 29.6 Å². The molecule has 2 N–H and O–H groups in total. The normalized spacial score (nSPS) is 29.2. The number of nitrogens with one attached hydrogen (secondary N) is 1. The molecule has 1 saturated carbocycles. The van der Waals surface area contributed by atoms with Crippen LogP contribution in [0.4, 0.5) is 5.69 Å². The van der Waals surface area contributed by atoms with Crippen molar-refractivity contribution in [1.29, 1.82) is 0 Å². The standard InChI is InChI=1S/C39H58ClN3O5S/c1-7-9-28-18-33(40)14-16-34(28)32-21-43-20-30-12-15-35(30)31(22-47-25-39(4,24-44)42(5)6)11-8-10-26(2)27(3)49(46)41-38(45)29-13-17-37(48-23-32)36(43)19-29/h13-14,16-19,26-27,30-32,35,44H,7-12,15,20-25H2,1-6H3,(H,41,45)/t26?,27?,30?,31?,32?,35?,39-,49?/m0/s1. The number of carbonyl (C=O) groups is 1. The summed E-state index contributed by atoms with van der Waals surface area (Å²) in [6, 6.07) is 11.9. The molecular weight excluding hydrogens is 658 g/mol. The van der Waals surface area contributed by atoms with Crippen LogP contribution < -0.4 is 14.4 Å². The molecule has 0 aromatic heterocycles. The highest BCUT2D eigenvalue weighted by Crippen LogP contribution is 2.45. The Morgan fingerprint density at radius 2 is 1.92 bits per heavy atom. The second-order valence-corrected chi connectivity index (χ2v) is 17.3. The highest BCUT2D eigenvalue weighted by atomic mass is 35.5. The maximum Gasteiger partial charge on any atom is 0.263 e. The van der Waals surface area contributed by atoms with Gasteiger partial charge in [-0.25, -0.2) is 4.21 Å². The summed E-state index contributed by atoms with van der Waals surface area (Å²) >= 11 is 6.47.